The highest BCUT2D eigenvalue weighted by atomic mass is 127. The van der Waals surface area contributed by atoms with Crippen LogP contribution in [0.1, 0.15) is 16.7 Å². The minimum Gasteiger partial charge on any atom is -0.507 e. The van der Waals surface area contributed by atoms with Crippen molar-refractivity contribution >= 4 is 62.5 Å². The second kappa shape index (κ2) is 8.93. The van der Waals surface area contributed by atoms with Gasteiger partial charge in [0.15, 0.2) is 0 Å². The first-order valence-electron chi connectivity index (χ1n) is 8.20. The lowest BCUT2D eigenvalue weighted by Gasteiger charge is -2.13. The normalized spacial score (nSPS) is 12.1. The first-order valence-corrected chi connectivity index (χ1v) is 11.2. The van der Waals surface area contributed by atoms with Gasteiger partial charge in [-0.05, 0) is 74.9 Å². The Morgan fingerprint density at radius 3 is 2.46 bits per heavy atom. The first kappa shape index (κ1) is 21.3. The number of aliphatic carboxylic acids is 1. The third kappa shape index (κ3) is 4.75. The SMILES string of the molecule is N[C@@H](Cc1cc(I)c(-c2scc(O)c2Cc2ccc(=O)[nH]c2)c(I)c1)C(=O)O. The van der Waals surface area contributed by atoms with Gasteiger partial charge in [0, 0.05) is 47.2 Å². The van der Waals surface area contributed by atoms with Crippen LogP contribution < -0.4 is 11.3 Å². The fourth-order valence-corrected chi connectivity index (χ4v) is 6.64. The molecule has 0 fully saturated rings. The summed E-state index contributed by atoms with van der Waals surface area (Å²) in [5.41, 5.74) is 9.03. The Bertz CT molecular complexity index is 1050. The van der Waals surface area contributed by atoms with Crippen LogP contribution in [0.4, 0.5) is 0 Å². The molecular weight excluding hydrogens is 606 g/mol. The Labute approximate surface area is 192 Å². The number of halogens is 2. The maximum Gasteiger partial charge on any atom is 0.320 e. The zero-order valence-electron chi connectivity index (χ0n) is 14.4. The number of carboxylic acid groups (broad SMARTS) is 1. The molecule has 0 amide bonds. The van der Waals surface area contributed by atoms with Gasteiger partial charge in [0.05, 0.1) is 0 Å². The Balaban J connectivity index is 1.99. The van der Waals surface area contributed by atoms with Crippen molar-refractivity contribution in [2.45, 2.75) is 18.9 Å². The average Bonchev–Trinajstić information content (AvgIpc) is 2.97. The molecule has 6 nitrogen and oxygen atoms in total. The van der Waals surface area contributed by atoms with Crippen LogP contribution in [0.25, 0.3) is 10.4 Å². The number of nitrogens with two attached hydrogens (primary N) is 1. The van der Waals surface area contributed by atoms with Gasteiger partial charge < -0.3 is 20.9 Å². The lowest BCUT2D eigenvalue weighted by Crippen LogP contribution is -2.32. The van der Waals surface area contributed by atoms with Gasteiger partial charge in [0.25, 0.3) is 0 Å². The van der Waals surface area contributed by atoms with Crippen molar-refractivity contribution in [2.24, 2.45) is 5.73 Å². The van der Waals surface area contributed by atoms with Gasteiger partial charge in [-0.15, -0.1) is 11.3 Å². The number of aromatic amines is 1. The van der Waals surface area contributed by atoms with E-state index < -0.39 is 12.0 Å². The van der Waals surface area contributed by atoms with Crippen molar-refractivity contribution in [1.82, 2.24) is 4.98 Å². The number of thiophene rings is 1. The molecule has 5 N–H and O–H groups in total. The van der Waals surface area contributed by atoms with Crippen LogP contribution in [0.5, 0.6) is 5.75 Å². The Hall–Kier alpha value is -1.44. The standard InChI is InChI=1S/C19H16I2N2O4S/c20-12-4-10(6-14(22)19(26)27)5-13(21)17(12)18-11(15(24)8-28-18)3-9-1-2-16(25)23-7-9/h1-2,4-5,7-8,14,24H,3,6,22H2,(H,23,25)(H,26,27)/t14-/m0/s1. The summed E-state index contributed by atoms with van der Waals surface area (Å²) >= 11 is 5.90. The largest absolute Gasteiger partial charge is 0.507 e. The second-order valence-electron chi connectivity index (χ2n) is 6.25. The maximum absolute atomic E-state index is 11.3. The lowest BCUT2D eigenvalue weighted by atomic mass is 10.0. The molecule has 0 saturated carbocycles. The summed E-state index contributed by atoms with van der Waals surface area (Å²) in [6.07, 6.45) is 2.39. The fourth-order valence-electron chi connectivity index (χ4n) is 2.81. The van der Waals surface area contributed by atoms with Crippen LogP contribution in [-0.2, 0) is 17.6 Å². The van der Waals surface area contributed by atoms with Crippen LogP contribution in [0, 0.1) is 7.14 Å². The molecule has 1 aromatic carbocycles. The molecule has 0 aliphatic carbocycles. The Morgan fingerprint density at radius 2 is 1.89 bits per heavy atom. The number of carbonyl (C=O) groups is 1. The predicted octanol–water partition coefficient (Wildman–Crippen LogP) is 3.56. The van der Waals surface area contributed by atoms with E-state index in [1.165, 1.54) is 17.4 Å². The molecule has 9 heteroatoms. The van der Waals surface area contributed by atoms with E-state index in [9.17, 15) is 14.7 Å². The molecule has 1 atom stereocenters. The second-order valence-corrected chi connectivity index (χ2v) is 9.45. The van der Waals surface area contributed by atoms with Gasteiger partial charge in [-0.25, -0.2) is 0 Å². The zero-order chi connectivity index (χ0) is 20.4. The number of H-pyrrole nitrogens is 1. The molecule has 0 radical (unpaired) electrons. The number of pyridine rings is 1. The molecule has 3 rings (SSSR count). The summed E-state index contributed by atoms with van der Waals surface area (Å²) in [4.78, 5) is 25.9. The zero-order valence-corrected chi connectivity index (χ0v) is 19.5. The predicted molar refractivity (Wildman–Crippen MR) is 126 cm³/mol. The van der Waals surface area contributed by atoms with Crippen molar-refractivity contribution in [2.75, 3.05) is 0 Å². The molecule has 0 unspecified atom stereocenters. The number of hydrogen-bond acceptors (Lipinski definition) is 5. The quantitative estimate of drug-likeness (QED) is 0.314. The van der Waals surface area contributed by atoms with Crippen molar-refractivity contribution in [3.8, 4) is 16.2 Å². The molecular formula is C19H16I2N2O4S. The van der Waals surface area contributed by atoms with E-state index >= 15 is 0 Å². The summed E-state index contributed by atoms with van der Waals surface area (Å²) in [5, 5.41) is 21.1. The van der Waals surface area contributed by atoms with Gasteiger partial charge in [-0.2, -0.15) is 0 Å². The minimum absolute atomic E-state index is 0.169. The van der Waals surface area contributed by atoms with E-state index in [4.69, 9.17) is 10.8 Å². The molecule has 0 aliphatic heterocycles. The summed E-state index contributed by atoms with van der Waals surface area (Å²) in [5.74, 6) is -0.810. The Morgan fingerprint density at radius 1 is 1.21 bits per heavy atom. The van der Waals surface area contributed by atoms with Gasteiger partial charge in [-0.1, -0.05) is 6.07 Å². The summed E-state index contributed by atoms with van der Waals surface area (Å²) in [6, 6.07) is 6.13. The van der Waals surface area contributed by atoms with Crippen molar-refractivity contribution in [3.05, 3.63) is 70.0 Å². The van der Waals surface area contributed by atoms with Crippen molar-refractivity contribution < 1.29 is 15.0 Å². The third-order valence-corrected chi connectivity index (χ3v) is 6.93. The molecule has 28 heavy (non-hydrogen) atoms. The van der Waals surface area contributed by atoms with Gasteiger partial charge in [0.2, 0.25) is 5.56 Å². The van der Waals surface area contributed by atoms with Crippen molar-refractivity contribution in [3.63, 3.8) is 0 Å². The smallest absolute Gasteiger partial charge is 0.320 e. The number of carboxylic acids is 1. The summed E-state index contributed by atoms with van der Waals surface area (Å²) in [7, 11) is 0. The van der Waals surface area contributed by atoms with E-state index in [2.05, 4.69) is 50.2 Å². The topological polar surface area (TPSA) is 116 Å². The van der Waals surface area contributed by atoms with Gasteiger partial charge in [-0.3, -0.25) is 9.59 Å². The van der Waals surface area contributed by atoms with Crippen LogP contribution >= 0.6 is 56.5 Å². The molecule has 2 aromatic heterocycles. The number of rotatable bonds is 6. The monoisotopic (exact) mass is 622 g/mol. The highest BCUT2D eigenvalue weighted by Crippen LogP contribution is 2.42. The first-order chi connectivity index (χ1) is 13.3. The number of hydrogen-bond donors (Lipinski definition) is 4. The van der Waals surface area contributed by atoms with Crippen LogP contribution in [0.15, 0.2) is 40.6 Å². The average molecular weight is 622 g/mol. The number of benzene rings is 1. The molecule has 2 heterocycles. The lowest BCUT2D eigenvalue weighted by molar-refractivity contribution is -0.138. The number of aromatic nitrogens is 1. The van der Waals surface area contributed by atoms with E-state index in [0.29, 0.717) is 6.42 Å². The number of nitrogens with one attached hydrogen (secondary N) is 1. The summed E-state index contributed by atoms with van der Waals surface area (Å²) in [6.45, 7) is 0. The fraction of sp³-hybridized carbons (Fsp3) is 0.158. The van der Waals surface area contributed by atoms with Gasteiger partial charge in [0.1, 0.15) is 11.8 Å². The minimum atomic E-state index is -1.03. The molecule has 146 valence electrons. The molecule has 0 spiro atoms. The molecule has 0 saturated heterocycles. The van der Waals surface area contributed by atoms with Crippen LogP contribution in [0.2, 0.25) is 0 Å². The van der Waals surface area contributed by atoms with Gasteiger partial charge >= 0.3 is 5.97 Å². The van der Waals surface area contributed by atoms with E-state index in [-0.39, 0.29) is 17.7 Å². The summed E-state index contributed by atoms with van der Waals surface area (Å²) < 4.78 is 1.92. The number of aromatic hydroxyl groups is 1. The van der Waals surface area contributed by atoms with Crippen LogP contribution in [-0.4, -0.2) is 27.2 Å². The van der Waals surface area contributed by atoms with E-state index in [0.717, 1.165) is 34.3 Å². The highest BCUT2D eigenvalue weighted by Gasteiger charge is 2.20. The molecule has 3 aromatic rings. The third-order valence-electron chi connectivity index (χ3n) is 4.20. The highest BCUT2D eigenvalue weighted by molar-refractivity contribution is 14.1. The van der Waals surface area contributed by atoms with Crippen LogP contribution in [0.3, 0.4) is 0 Å². The molecule has 0 aliphatic rings. The maximum atomic E-state index is 11.3. The Kier molecular flexibility index (Phi) is 6.78. The van der Waals surface area contributed by atoms with E-state index in [1.54, 1.807) is 17.6 Å². The molecule has 0 bridgehead atoms. The van der Waals surface area contributed by atoms with Crippen molar-refractivity contribution in [1.29, 1.82) is 0 Å². The van der Waals surface area contributed by atoms with E-state index in [1.807, 2.05) is 12.1 Å².